The van der Waals surface area contributed by atoms with Crippen molar-refractivity contribution in [3.63, 3.8) is 0 Å². The zero-order valence-electron chi connectivity index (χ0n) is 6.09. The number of hydrogen-bond donors (Lipinski definition) is 1. The van der Waals surface area contributed by atoms with Gasteiger partial charge in [0.15, 0.2) is 0 Å². The molecule has 1 heterocycles. The van der Waals surface area contributed by atoms with E-state index in [1.54, 1.807) is 0 Å². The van der Waals surface area contributed by atoms with Gasteiger partial charge < -0.3 is 9.88 Å². The molecule has 0 aromatic carbocycles. The van der Waals surface area contributed by atoms with Gasteiger partial charge in [0, 0.05) is 13.2 Å². The third-order valence-corrected chi connectivity index (χ3v) is 1.35. The van der Waals surface area contributed by atoms with Crippen LogP contribution in [0.4, 0.5) is 5.82 Å². The number of thiocarbonyl (C=S) groups is 1. The first-order valence-corrected chi connectivity index (χ1v) is 3.50. The summed E-state index contributed by atoms with van der Waals surface area (Å²) in [5.74, 6) is 1.03. The summed E-state index contributed by atoms with van der Waals surface area (Å²) in [5.41, 5.74) is 0. The summed E-state index contributed by atoms with van der Waals surface area (Å²) in [5, 5.41) is 3.05. The van der Waals surface area contributed by atoms with Crippen molar-refractivity contribution >= 4 is 23.0 Å². The minimum atomic E-state index is 0.793. The molecule has 2 nitrogen and oxygen atoms in total. The maximum atomic E-state index is 4.88. The zero-order valence-corrected chi connectivity index (χ0v) is 6.90. The van der Waals surface area contributed by atoms with Crippen LogP contribution in [0.5, 0.6) is 0 Å². The number of rotatable bonds is 1. The summed E-state index contributed by atoms with van der Waals surface area (Å²) < 4.78 is 1.98. The van der Waals surface area contributed by atoms with Crippen LogP contribution in [0.15, 0.2) is 18.3 Å². The molecule has 10 heavy (non-hydrogen) atoms. The summed E-state index contributed by atoms with van der Waals surface area (Å²) in [6.45, 7) is 1.86. The van der Waals surface area contributed by atoms with E-state index in [1.165, 1.54) is 0 Å². The molecule has 1 aromatic rings. The summed E-state index contributed by atoms with van der Waals surface area (Å²) in [7, 11) is 1.97. The van der Waals surface area contributed by atoms with Crippen molar-refractivity contribution in [2.24, 2.45) is 7.05 Å². The largest absolute Gasteiger partial charge is 0.338 e. The lowest BCUT2D eigenvalue weighted by Crippen LogP contribution is -2.06. The SMILES string of the molecule is CC(=S)Nc1cccn1C. The van der Waals surface area contributed by atoms with E-state index in [9.17, 15) is 0 Å². The van der Waals surface area contributed by atoms with E-state index in [4.69, 9.17) is 12.2 Å². The Morgan fingerprint density at radius 2 is 2.40 bits per heavy atom. The molecule has 0 amide bonds. The van der Waals surface area contributed by atoms with Gasteiger partial charge in [-0.15, -0.1) is 0 Å². The van der Waals surface area contributed by atoms with Crippen LogP contribution >= 0.6 is 12.2 Å². The Morgan fingerprint density at radius 3 is 2.80 bits per heavy atom. The van der Waals surface area contributed by atoms with Crippen molar-refractivity contribution in [3.05, 3.63) is 18.3 Å². The fraction of sp³-hybridized carbons (Fsp3) is 0.286. The van der Waals surface area contributed by atoms with Crippen LogP contribution in [0.25, 0.3) is 0 Å². The molecule has 54 valence electrons. The normalized spacial score (nSPS) is 9.40. The third kappa shape index (κ3) is 1.57. The zero-order chi connectivity index (χ0) is 7.56. The predicted molar refractivity (Wildman–Crippen MR) is 47.3 cm³/mol. The van der Waals surface area contributed by atoms with Crippen molar-refractivity contribution in [1.82, 2.24) is 4.57 Å². The molecule has 0 spiro atoms. The van der Waals surface area contributed by atoms with Crippen LogP contribution in [0, 0.1) is 0 Å². The number of nitrogens with one attached hydrogen (secondary N) is 1. The van der Waals surface area contributed by atoms with Crippen molar-refractivity contribution in [3.8, 4) is 0 Å². The summed E-state index contributed by atoms with van der Waals surface area (Å²) in [4.78, 5) is 0.793. The Labute approximate surface area is 65.9 Å². The van der Waals surface area contributed by atoms with Gasteiger partial charge >= 0.3 is 0 Å². The lowest BCUT2D eigenvalue weighted by Gasteiger charge is -2.03. The Morgan fingerprint density at radius 1 is 1.70 bits per heavy atom. The van der Waals surface area contributed by atoms with E-state index in [0.717, 1.165) is 10.8 Å². The molecule has 0 aliphatic carbocycles. The Bertz CT molecular complexity index is 240. The molecule has 0 fully saturated rings. The van der Waals surface area contributed by atoms with Crippen LogP contribution in [-0.4, -0.2) is 9.56 Å². The maximum absolute atomic E-state index is 4.88. The van der Waals surface area contributed by atoms with E-state index in [0.29, 0.717) is 0 Å². The highest BCUT2D eigenvalue weighted by Gasteiger charge is 1.93. The van der Waals surface area contributed by atoms with Crippen LogP contribution in [-0.2, 0) is 7.05 Å². The third-order valence-electron chi connectivity index (χ3n) is 1.25. The van der Waals surface area contributed by atoms with Gasteiger partial charge in [0.2, 0.25) is 0 Å². The lowest BCUT2D eigenvalue weighted by atomic mass is 10.6. The molecule has 0 radical (unpaired) electrons. The number of anilines is 1. The molecule has 0 atom stereocenters. The van der Waals surface area contributed by atoms with E-state index in [1.807, 2.05) is 36.9 Å². The number of nitrogens with zero attached hydrogens (tertiary/aromatic N) is 1. The van der Waals surface area contributed by atoms with E-state index in [-0.39, 0.29) is 0 Å². The highest BCUT2D eigenvalue weighted by atomic mass is 32.1. The van der Waals surface area contributed by atoms with Gasteiger partial charge in [-0.1, -0.05) is 12.2 Å². The van der Waals surface area contributed by atoms with Gasteiger partial charge in [-0.2, -0.15) is 0 Å². The highest BCUT2D eigenvalue weighted by molar-refractivity contribution is 7.80. The molecule has 1 rings (SSSR count). The van der Waals surface area contributed by atoms with Crippen molar-refractivity contribution < 1.29 is 0 Å². The fourth-order valence-corrected chi connectivity index (χ4v) is 0.876. The lowest BCUT2D eigenvalue weighted by molar-refractivity contribution is 0.939. The Hall–Kier alpha value is -0.830. The van der Waals surface area contributed by atoms with E-state index < -0.39 is 0 Å². The second-order valence-electron chi connectivity index (χ2n) is 2.19. The first-order chi connectivity index (χ1) is 4.70. The average Bonchev–Trinajstić information content (AvgIpc) is 2.15. The van der Waals surface area contributed by atoms with Crippen LogP contribution in [0.1, 0.15) is 6.92 Å². The number of aromatic nitrogens is 1. The highest BCUT2D eigenvalue weighted by Crippen LogP contribution is 2.05. The molecular formula is C7H10N2S. The number of hydrogen-bond acceptors (Lipinski definition) is 1. The Kier molecular flexibility index (Phi) is 2.06. The standard InChI is InChI=1S/C7H10N2S/c1-6(10)8-7-4-3-5-9(7)2/h3-5H,1-2H3,(H,8,10). The maximum Gasteiger partial charge on any atom is 0.110 e. The molecule has 0 unspecified atom stereocenters. The first-order valence-electron chi connectivity index (χ1n) is 3.09. The van der Waals surface area contributed by atoms with Crippen LogP contribution in [0.3, 0.4) is 0 Å². The van der Waals surface area contributed by atoms with E-state index >= 15 is 0 Å². The monoisotopic (exact) mass is 154 g/mol. The first kappa shape index (κ1) is 7.28. The molecule has 0 aliphatic heterocycles. The summed E-state index contributed by atoms with van der Waals surface area (Å²) in [6.07, 6.45) is 1.97. The van der Waals surface area contributed by atoms with Gasteiger partial charge in [-0.25, -0.2) is 0 Å². The molecule has 0 bridgehead atoms. The van der Waals surface area contributed by atoms with Crippen molar-refractivity contribution in [2.75, 3.05) is 5.32 Å². The topological polar surface area (TPSA) is 17.0 Å². The molecule has 1 aromatic heterocycles. The van der Waals surface area contributed by atoms with Crippen molar-refractivity contribution in [1.29, 1.82) is 0 Å². The quantitative estimate of drug-likeness (QED) is 0.621. The number of aryl methyl sites for hydroxylation is 1. The minimum Gasteiger partial charge on any atom is -0.338 e. The predicted octanol–water partition coefficient (Wildman–Crippen LogP) is 1.78. The summed E-state index contributed by atoms with van der Waals surface area (Å²) in [6, 6.07) is 3.95. The average molecular weight is 154 g/mol. The van der Waals surface area contributed by atoms with Gasteiger partial charge in [-0.3, -0.25) is 0 Å². The molecule has 0 aliphatic rings. The minimum absolute atomic E-state index is 0.793. The smallest absolute Gasteiger partial charge is 0.110 e. The fourth-order valence-electron chi connectivity index (χ4n) is 0.771. The molecular weight excluding hydrogens is 144 g/mol. The second-order valence-corrected chi connectivity index (χ2v) is 2.80. The molecule has 1 N–H and O–H groups in total. The van der Waals surface area contributed by atoms with Crippen molar-refractivity contribution in [2.45, 2.75) is 6.92 Å². The second kappa shape index (κ2) is 2.84. The van der Waals surface area contributed by atoms with Crippen LogP contribution in [0.2, 0.25) is 0 Å². The Balaban J connectivity index is 2.74. The summed E-state index contributed by atoms with van der Waals surface area (Å²) >= 11 is 4.88. The van der Waals surface area contributed by atoms with Gasteiger partial charge in [-0.05, 0) is 19.1 Å². The van der Waals surface area contributed by atoms with Gasteiger partial charge in [0.25, 0.3) is 0 Å². The molecule has 3 heteroatoms. The van der Waals surface area contributed by atoms with Gasteiger partial charge in [0.05, 0.1) is 4.99 Å². The van der Waals surface area contributed by atoms with Crippen LogP contribution < -0.4 is 5.32 Å². The molecule has 0 saturated heterocycles. The van der Waals surface area contributed by atoms with Gasteiger partial charge in [0.1, 0.15) is 5.82 Å². The van der Waals surface area contributed by atoms with E-state index in [2.05, 4.69) is 5.32 Å². The molecule has 0 saturated carbocycles.